The molecular formula is C20H22N2O2. The first-order chi connectivity index (χ1) is 11.8. The largest absolute Gasteiger partial charge is 0.274 e. The molecule has 1 aromatic heterocycles. The van der Waals surface area contributed by atoms with Gasteiger partial charge in [-0.25, -0.2) is 0 Å². The number of aromatic nitrogens is 1. The third kappa shape index (κ3) is 3.70. The lowest BCUT2D eigenvalue weighted by Crippen LogP contribution is -2.30. The van der Waals surface area contributed by atoms with Gasteiger partial charge in [0.05, 0.1) is 11.1 Å². The second-order valence-electron chi connectivity index (χ2n) is 6.15. The summed E-state index contributed by atoms with van der Waals surface area (Å²) in [6.07, 6.45) is 8.15. The van der Waals surface area contributed by atoms with E-state index in [1.165, 1.54) is 4.90 Å². The van der Waals surface area contributed by atoms with Crippen LogP contribution in [0.1, 0.15) is 58.5 Å². The van der Waals surface area contributed by atoms with E-state index < -0.39 is 0 Å². The van der Waals surface area contributed by atoms with Gasteiger partial charge in [-0.2, -0.15) is 0 Å². The Labute approximate surface area is 142 Å². The third-order valence-electron chi connectivity index (χ3n) is 4.42. The van der Waals surface area contributed by atoms with E-state index in [1.807, 2.05) is 18.3 Å². The van der Waals surface area contributed by atoms with Crippen LogP contribution < -0.4 is 0 Å². The van der Waals surface area contributed by atoms with Crippen LogP contribution in [0.15, 0.2) is 48.7 Å². The van der Waals surface area contributed by atoms with E-state index in [-0.39, 0.29) is 11.8 Å². The monoisotopic (exact) mass is 322 g/mol. The van der Waals surface area contributed by atoms with Crippen LogP contribution in [0.3, 0.4) is 0 Å². The molecule has 4 nitrogen and oxygen atoms in total. The van der Waals surface area contributed by atoms with Crippen molar-refractivity contribution in [2.45, 2.75) is 38.5 Å². The van der Waals surface area contributed by atoms with Crippen LogP contribution in [0.2, 0.25) is 0 Å². The van der Waals surface area contributed by atoms with Gasteiger partial charge in [-0.05, 0) is 43.5 Å². The molecule has 0 fully saturated rings. The summed E-state index contributed by atoms with van der Waals surface area (Å²) in [6, 6.07) is 13.1. The average Bonchev–Trinajstić information content (AvgIpc) is 2.87. The molecule has 1 aromatic carbocycles. The van der Waals surface area contributed by atoms with Crippen molar-refractivity contribution in [3.05, 3.63) is 65.5 Å². The van der Waals surface area contributed by atoms with Gasteiger partial charge in [0.25, 0.3) is 11.8 Å². The maximum Gasteiger partial charge on any atom is 0.261 e. The first kappa shape index (κ1) is 16.4. The maximum atomic E-state index is 12.2. The highest BCUT2D eigenvalue weighted by Gasteiger charge is 2.34. The van der Waals surface area contributed by atoms with E-state index in [1.54, 1.807) is 24.3 Å². The van der Waals surface area contributed by atoms with Crippen LogP contribution in [0.25, 0.3) is 0 Å². The van der Waals surface area contributed by atoms with Gasteiger partial charge in [0.2, 0.25) is 0 Å². The number of benzene rings is 1. The van der Waals surface area contributed by atoms with Crippen LogP contribution in [-0.2, 0) is 6.42 Å². The minimum Gasteiger partial charge on any atom is -0.274 e. The minimum atomic E-state index is -0.147. The number of fused-ring (bicyclic) bond motifs is 1. The van der Waals surface area contributed by atoms with Crippen molar-refractivity contribution in [2.75, 3.05) is 6.54 Å². The van der Waals surface area contributed by atoms with Crippen LogP contribution in [0, 0.1) is 0 Å². The molecule has 0 saturated heterocycles. The topological polar surface area (TPSA) is 50.3 Å². The van der Waals surface area contributed by atoms with E-state index in [0.717, 1.165) is 44.2 Å². The fourth-order valence-electron chi connectivity index (χ4n) is 3.09. The van der Waals surface area contributed by atoms with Crippen LogP contribution >= 0.6 is 0 Å². The molecule has 24 heavy (non-hydrogen) atoms. The Morgan fingerprint density at radius 2 is 1.38 bits per heavy atom. The Morgan fingerprint density at radius 3 is 2.04 bits per heavy atom. The number of hydrogen-bond donors (Lipinski definition) is 0. The molecule has 2 aromatic rings. The molecular weight excluding hydrogens is 300 g/mol. The number of amides is 2. The molecule has 4 heteroatoms. The number of pyridine rings is 1. The van der Waals surface area contributed by atoms with E-state index in [4.69, 9.17) is 0 Å². The van der Waals surface area contributed by atoms with Crippen LogP contribution in [0.5, 0.6) is 0 Å². The molecule has 0 N–H and O–H groups in total. The highest BCUT2D eigenvalue weighted by Crippen LogP contribution is 2.22. The van der Waals surface area contributed by atoms with Crippen molar-refractivity contribution in [1.82, 2.24) is 9.88 Å². The lowest BCUT2D eigenvalue weighted by atomic mass is 10.1. The predicted octanol–water partition coefficient (Wildman–Crippen LogP) is 3.87. The van der Waals surface area contributed by atoms with E-state index >= 15 is 0 Å². The molecule has 0 bridgehead atoms. The molecule has 1 aliphatic rings. The molecule has 2 heterocycles. The molecule has 3 rings (SSSR count). The smallest absolute Gasteiger partial charge is 0.261 e. The summed E-state index contributed by atoms with van der Waals surface area (Å²) in [5.41, 5.74) is 2.22. The van der Waals surface area contributed by atoms with Gasteiger partial charge in [-0.15, -0.1) is 0 Å². The van der Waals surface area contributed by atoms with Gasteiger partial charge in [-0.1, -0.05) is 37.5 Å². The van der Waals surface area contributed by atoms with E-state index in [9.17, 15) is 9.59 Å². The molecule has 0 aliphatic carbocycles. The summed E-state index contributed by atoms with van der Waals surface area (Å²) in [5.74, 6) is -0.295. The molecule has 0 atom stereocenters. The second kappa shape index (κ2) is 7.86. The molecule has 0 radical (unpaired) electrons. The standard InChI is InChI=1S/C20H22N2O2/c23-19-17-12-5-6-13-18(17)20(24)22(19)15-9-3-1-2-4-10-16-11-7-8-14-21-16/h5-8,11-14H,1-4,9-10,15H2. The summed E-state index contributed by atoms with van der Waals surface area (Å²) in [6.45, 7) is 0.520. The Kier molecular flexibility index (Phi) is 5.36. The average molecular weight is 322 g/mol. The normalized spacial score (nSPS) is 13.4. The number of unbranched alkanes of at least 4 members (excludes halogenated alkanes) is 4. The number of carbonyl (C=O) groups excluding carboxylic acids is 2. The first-order valence-corrected chi connectivity index (χ1v) is 8.62. The summed E-state index contributed by atoms with van der Waals surface area (Å²) < 4.78 is 0. The lowest BCUT2D eigenvalue weighted by molar-refractivity contribution is 0.0651. The van der Waals surface area contributed by atoms with Crippen LogP contribution in [0.4, 0.5) is 0 Å². The first-order valence-electron chi connectivity index (χ1n) is 8.62. The Bertz CT molecular complexity index is 678. The summed E-state index contributed by atoms with van der Waals surface area (Å²) in [7, 11) is 0. The predicted molar refractivity (Wildman–Crippen MR) is 92.8 cm³/mol. The Morgan fingerprint density at radius 1 is 0.750 bits per heavy atom. The van der Waals surface area contributed by atoms with Gasteiger partial charge >= 0.3 is 0 Å². The minimum absolute atomic E-state index is 0.147. The van der Waals surface area contributed by atoms with Gasteiger partial charge in [0.15, 0.2) is 0 Å². The molecule has 124 valence electrons. The maximum absolute atomic E-state index is 12.2. The van der Waals surface area contributed by atoms with Crippen molar-refractivity contribution >= 4 is 11.8 Å². The molecule has 1 aliphatic heterocycles. The van der Waals surface area contributed by atoms with Gasteiger partial charge in [0.1, 0.15) is 0 Å². The quantitative estimate of drug-likeness (QED) is 0.547. The van der Waals surface area contributed by atoms with Crippen molar-refractivity contribution in [3.63, 3.8) is 0 Å². The molecule has 2 amide bonds. The van der Waals surface area contributed by atoms with Gasteiger partial charge in [-0.3, -0.25) is 19.5 Å². The highest BCUT2D eigenvalue weighted by atomic mass is 16.2. The zero-order chi connectivity index (χ0) is 16.8. The molecule has 0 unspecified atom stereocenters. The number of nitrogens with zero attached hydrogens (tertiary/aromatic N) is 2. The molecule has 0 spiro atoms. The Balaban J connectivity index is 1.34. The van der Waals surface area contributed by atoms with Gasteiger partial charge < -0.3 is 0 Å². The van der Waals surface area contributed by atoms with E-state index in [2.05, 4.69) is 11.1 Å². The fraction of sp³-hybridized carbons (Fsp3) is 0.350. The summed E-state index contributed by atoms with van der Waals surface area (Å²) in [5, 5.41) is 0. The van der Waals surface area contributed by atoms with Crippen LogP contribution in [-0.4, -0.2) is 28.2 Å². The number of rotatable bonds is 8. The lowest BCUT2D eigenvalue weighted by Gasteiger charge is -2.13. The zero-order valence-electron chi connectivity index (χ0n) is 13.8. The highest BCUT2D eigenvalue weighted by molar-refractivity contribution is 6.21. The van der Waals surface area contributed by atoms with Crippen molar-refractivity contribution in [1.29, 1.82) is 0 Å². The number of imide groups is 1. The summed E-state index contributed by atoms with van der Waals surface area (Å²) in [4.78, 5) is 30.2. The van der Waals surface area contributed by atoms with Crippen molar-refractivity contribution < 1.29 is 9.59 Å². The number of aryl methyl sites for hydroxylation is 1. The number of hydrogen-bond acceptors (Lipinski definition) is 3. The van der Waals surface area contributed by atoms with Crippen molar-refractivity contribution in [2.24, 2.45) is 0 Å². The Hall–Kier alpha value is -2.49. The van der Waals surface area contributed by atoms with Gasteiger partial charge in [0, 0.05) is 18.4 Å². The SMILES string of the molecule is O=C1c2ccccc2C(=O)N1CCCCCCCc1ccccn1. The second-order valence-corrected chi connectivity index (χ2v) is 6.15. The summed E-state index contributed by atoms with van der Waals surface area (Å²) >= 11 is 0. The number of carbonyl (C=O) groups is 2. The van der Waals surface area contributed by atoms with E-state index in [0.29, 0.717) is 17.7 Å². The zero-order valence-corrected chi connectivity index (χ0v) is 13.8. The molecule has 0 saturated carbocycles. The van der Waals surface area contributed by atoms with Crippen molar-refractivity contribution in [3.8, 4) is 0 Å². The fourth-order valence-corrected chi connectivity index (χ4v) is 3.09. The third-order valence-corrected chi connectivity index (χ3v) is 4.42.